The van der Waals surface area contributed by atoms with Crippen molar-refractivity contribution in [1.29, 1.82) is 0 Å². The summed E-state index contributed by atoms with van der Waals surface area (Å²) in [4.78, 5) is 18.4. The predicted octanol–water partition coefficient (Wildman–Crippen LogP) is 4.45. The number of hydrogen-bond donors (Lipinski definition) is 0. The molecule has 0 N–H and O–H groups in total. The van der Waals surface area contributed by atoms with Gasteiger partial charge in [0.05, 0.1) is 12.6 Å². The number of aromatic nitrogens is 2. The zero-order valence-corrected chi connectivity index (χ0v) is 16.1. The predicted molar refractivity (Wildman–Crippen MR) is 103 cm³/mol. The number of hydrogen-bond acceptors (Lipinski definition) is 5. The van der Waals surface area contributed by atoms with Crippen molar-refractivity contribution in [2.24, 2.45) is 0 Å². The van der Waals surface area contributed by atoms with Crippen molar-refractivity contribution >= 4 is 17.5 Å². The van der Waals surface area contributed by atoms with Crippen LogP contribution in [-0.4, -0.2) is 34.1 Å². The minimum atomic E-state index is -0.141. The van der Waals surface area contributed by atoms with E-state index in [1.54, 1.807) is 43.4 Å². The molecule has 0 radical (unpaired) electrons. The zero-order valence-electron chi connectivity index (χ0n) is 15.3. The fraction of sp³-hybridized carbons (Fsp3) is 0.250. The quantitative estimate of drug-likeness (QED) is 0.627. The van der Waals surface area contributed by atoms with Crippen molar-refractivity contribution in [2.75, 3.05) is 7.05 Å². The molecule has 3 aromatic rings. The van der Waals surface area contributed by atoms with Gasteiger partial charge in [-0.15, -0.1) is 0 Å². The van der Waals surface area contributed by atoms with Gasteiger partial charge in [0.25, 0.3) is 5.91 Å². The number of amides is 1. The molecule has 0 aliphatic heterocycles. The molecule has 27 heavy (non-hydrogen) atoms. The topological polar surface area (TPSA) is 68.5 Å². The van der Waals surface area contributed by atoms with Crippen molar-refractivity contribution in [3.63, 3.8) is 0 Å². The molecule has 2 aromatic carbocycles. The largest absolute Gasteiger partial charge is 0.491 e. The van der Waals surface area contributed by atoms with Crippen molar-refractivity contribution in [3.05, 3.63) is 65.0 Å². The Kier molecular flexibility index (Phi) is 5.76. The van der Waals surface area contributed by atoms with Gasteiger partial charge in [0.1, 0.15) is 5.75 Å². The maximum Gasteiger partial charge on any atom is 0.254 e. The summed E-state index contributed by atoms with van der Waals surface area (Å²) in [6.45, 7) is 4.12. The summed E-state index contributed by atoms with van der Waals surface area (Å²) in [5.74, 6) is 1.40. The van der Waals surface area contributed by atoms with Crippen LogP contribution in [0.15, 0.2) is 53.1 Å². The molecular formula is C20H20ClN3O3. The second kappa shape index (κ2) is 8.22. The van der Waals surface area contributed by atoms with Crippen LogP contribution in [0.4, 0.5) is 0 Å². The monoisotopic (exact) mass is 385 g/mol. The van der Waals surface area contributed by atoms with Crippen LogP contribution in [0.25, 0.3) is 11.4 Å². The second-order valence-corrected chi connectivity index (χ2v) is 6.81. The highest BCUT2D eigenvalue weighted by molar-refractivity contribution is 6.30. The standard InChI is InChI=1S/C20H20ClN3O3/c1-13(2)26-17-10-6-15(7-11-17)20(25)24(3)12-18-22-19(23-27-18)14-4-8-16(21)9-5-14/h4-11,13H,12H2,1-3H3. The molecule has 6 nitrogen and oxygen atoms in total. The van der Waals surface area contributed by atoms with E-state index in [-0.39, 0.29) is 18.6 Å². The molecule has 0 aliphatic rings. The fourth-order valence-corrected chi connectivity index (χ4v) is 2.60. The van der Waals surface area contributed by atoms with E-state index >= 15 is 0 Å². The summed E-state index contributed by atoms with van der Waals surface area (Å²) in [5.41, 5.74) is 1.36. The Balaban J connectivity index is 1.65. The molecule has 0 atom stereocenters. The van der Waals surface area contributed by atoms with E-state index < -0.39 is 0 Å². The molecule has 1 aromatic heterocycles. The van der Waals surface area contributed by atoms with Crippen LogP contribution in [0.1, 0.15) is 30.1 Å². The minimum Gasteiger partial charge on any atom is -0.491 e. The highest BCUT2D eigenvalue weighted by atomic mass is 35.5. The minimum absolute atomic E-state index is 0.0848. The number of carbonyl (C=O) groups excluding carboxylic acids is 1. The van der Waals surface area contributed by atoms with Crippen molar-refractivity contribution in [3.8, 4) is 17.1 Å². The first kappa shape index (κ1) is 18.9. The molecule has 0 spiro atoms. The summed E-state index contributed by atoms with van der Waals surface area (Å²) in [6, 6.07) is 14.2. The Hall–Kier alpha value is -2.86. The lowest BCUT2D eigenvalue weighted by molar-refractivity contribution is 0.0769. The van der Waals surface area contributed by atoms with Crippen LogP contribution >= 0.6 is 11.6 Å². The Morgan fingerprint density at radius 2 is 1.81 bits per heavy atom. The smallest absolute Gasteiger partial charge is 0.254 e. The molecule has 0 fully saturated rings. The van der Waals surface area contributed by atoms with E-state index in [1.165, 1.54) is 4.90 Å². The molecule has 0 aliphatic carbocycles. The Morgan fingerprint density at radius 1 is 1.15 bits per heavy atom. The number of ether oxygens (including phenoxy) is 1. The SMILES string of the molecule is CC(C)Oc1ccc(C(=O)N(C)Cc2nc(-c3ccc(Cl)cc3)no2)cc1. The lowest BCUT2D eigenvalue weighted by atomic mass is 10.2. The van der Waals surface area contributed by atoms with Crippen LogP contribution in [0.5, 0.6) is 5.75 Å². The number of nitrogens with zero attached hydrogens (tertiary/aromatic N) is 3. The van der Waals surface area contributed by atoms with Gasteiger partial charge in [-0.05, 0) is 62.4 Å². The average molecular weight is 386 g/mol. The third kappa shape index (κ3) is 4.86. The molecule has 7 heteroatoms. The molecule has 0 unspecified atom stereocenters. The molecule has 0 bridgehead atoms. The van der Waals surface area contributed by atoms with Crippen LogP contribution in [-0.2, 0) is 6.54 Å². The van der Waals surface area contributed by atoms with Gasteiger partial charge in [0, 0.05) is 23.2 Å². The van der Waals surface area contributed by atoms with Crippen LogP contribution in [0.3, 0.4) is 0 Å². The molecule has 1 amide bonds. The molecule has 0 saturated carbocycles. The Morgan fingerprint density at radius 3 is 2.44 bits per heavy atom. The van der Waals surface area contributed by atoms with Gasteiger partial charge in [0.2, 0.25) is 11.7 Å². The fourth-order valence-electron chi connectivity index (χ4n) is 2.48. The first-order valence-corrected chi connectivity index (χ1v) is 8.91. The van der Waals surface area contributed by atoms with Crippen molar-refractivity contribution < 1.29 is 14.1 Å². The lowest BCUT2D eigenvalue weighted by Crippen LogP contribution is -2.26. The van der Waals surface area contributed by atoms with E-state index in [0.717, 1.165) is 11.3 Å². The maximum atomic E-state index is 12.6. The summed E-state index contributed by atoms with van der Waals surface area (Å²) in [5, 5.41) is 4.59. The van der Waals surface area contributed by atoms with E-state index in [9.17, 15) is 4.79 Å². The summed E-state index contributed by atoms with van der Waals surface area (Å²) >= 11 is 5.88. The van der Waals surface area contributed by atoms with Gasteiger partial charge in [0.15, 0.2) is 0 Å². The second-order valence-electron chi connectivity index (χ2n) is 6.37. The third-order valence-corrected chi connectivity index (χ3v) is 4.01. The highest BCUT2D eigenvalue weighted by Crippen LogP contribution is 2.20. The first-order valence-electron chi connectivity index (χ1n) is 8.53. The maximum absolute atomic E-state index is 12.6. The van der Waals surface area contributed by atoms with Gasteiger partial charge in [-0.1, -0.05) is 16.8 Å². The first-order chi connectivity index (χ1) is 12.9. The van der Waals surface area contributed by atoms with Crippen molar-refractivity contribution in [2.45, 2.75) is 26.5 Å². The molecule has 1 heterocycles. The van der Waals surface area contributed by atoms with Gasteiger partial charge in [-0.2, -0.15) is 4.98 Å². The van der Waals surface area contributed by atoms with Crippen molar-refractivity contribution in [1.82, 2.24) is 15.0 Å². The van der Waals surface area contributed by atoms with Gasteiger partial charge < -0.3 is 14.2 Å². The Labute approximate surface area is 162 Å². The van der Waals surface area contributed by atoms with Crippen LogP contribution in [0.2, 0.25) is 5.02 Å². The van der Waals surface area contributed by atoms with Gasteiger partial charge in [-0.3, -0.25) is 4.79 Å². The summed E-state index contributed by atoms with van der Waals surface area (Å²) in [6.07, 6.45) is 0.0848. The highest BCUT2D eigenvalue weighted by Gasteiger charge is 2.16. The molecule has 0 saturated heterocycles. The molecular weight excluding hydrogens is 366 g/mol. The molecule has 140 valence electrons. The van der Waals surface area contributed by atoms with Gasteiger partial charge in [-0.25, -0.2) is 0 Å². The average Bonchev–Trinajstić information content (AvgIpc) is 3.10. The van der Waals surface area contributed by atoms with Gasteiger partial charge >= 0.3 is 0 Å². The van der Waals surface area contributed by atoms with E-state index in [1.807, 2.05) is 26.0 Å². The normalized spacial score (nSPS) is 10.9. The van der Waals surface area contributed by atoms with E-state index in [0.29, 0.717) is 22.3 Å². The third-order valence-electron chi connectivity index (χ3n) is 3.76. The summed E-state index contributed by atoms with van der Waals surface area (Å²) < 4.78 is 10.9. The molecule has 3 rings (SSSR count). The van der Waals surface area contributed by atoms with Crippen LogP contribution in [0, 0.1) is 0 Å². The number of halogens is 1. The Bertz CT molecular complexity index is 905. The van der Waals surface area contributed by atoms with E-state index in [2.05, 4.69) is 10.1 Å². The zero-order chi connectivity index (χ0) is 19.4. The lowest BCUT2D eigenvalue weighted by Gasteiger charge is -2.15. The summed E-state index contributed by atoms with van der Waals surface area (Å²) in [7, 11) is 1.69. The number of benzene rings is 2. The number of carbonyl (C=O) groups is 1. The van der Waals surface area contributed by atoms with Crippen LogP contribution < -0.4 is 4.74 Å². The van der Waals surface area contributed by atoms with E-state index in [4.69, 9.17) is 20.9 Å². The number of rotatable bonds is 6.